The summed E-state index contributed by atoms with van der Waals surface area (Å²) in [4.78, 5) is 38.7. The van der Waals surface area contributed by atoms with Gasteiger partial charge in [-0.25, -0.2) is 4.79 Å². The molecule has 3 N–H and O–H groups in total. The Balaban J connectivity index is 1.62. The first-order chi connectivity index (χ1) is 17.5. The predicted octanol–water partition coefficient (Wildman–Crippen LogP) is 3.79. The molecule has 2 amide bonds. The summed E-state index contributed by atoms with van der Waals surface area (Å²) in [7, 11) is 0. The second-order valence-electron chi connectivity index (χ2n) is 9.43. The van der Waals surface area contributed by atoms with Gasteiger partial charge in [-0.1, -0.05) is 12.1 Å². The van der Waals surface area contributed by atoms with Crippen LogP contribution in [0.15, 0.2) is 35.3 Å². The number of nitrogens with zero attached hydrogens (tertiary/aromatic N) is 2. The maximum atomic E-state index is 13.4. The van der Waals surface area contributed by atoms with E-state index in [0.29, 0.717) is 31.6 Å². The molecule has 1 atom stereocenters. The van der Waals surface area contributed by atoms with E-state index < -0.39 is 29.8 Å². The van der Waals surface area contributed by atoms with Crippen LogP contribution in [-0.2, 0) is 10.9 Å². The van der Waals surface area contributed by atoms with Gasteiger partial charge in [0.25, 0.3) is 11.5 Å². The number of ether oxygens (including phenoxy) is 1. The molecule has 0 radical (unpaired) electrons. The lowest BCUT2D eigenvalue weighted by atomic mass is 9.97. The van der Waals surface area contributed by atoms with E-state index in [1.807, 2.05) is 0 Å². The molecular formula is C25H29F3N4O5. The highest BCUT2D eigenvalue weighted by atomic mass is 19.4. The average molecular weight is 523 g/mol. The normalized spacial score (nSPS) is 17.7. The van der Waals surface area contributed by atoms with Crippen LogP contribution in [0.25, 0.3) is 0 Å². The molecule has 0 spiro atoms. The van der Waals surface area contributed by atoms with Crippen LogP contribution < -0.4 is 16.2 Å². The molecule has 0 bridgehead atoms. The van der Waals surface area contributed by atoms with Crippen molar-refractivity contribution in [2.75, 3.05) is 31.6 Å². The Morgan fingerprint density at radius 3 is 2.49 bits per heavy atom. The minimum atomic E-state index is -4.52. The first-order valence-electron chi connectivity index (χ1n) is 12.0. The van der Waals surface area contributed by atoms with Crippen molar-refractivity contribution < 1.29 is 32.6 Å². The number of anilines is 1. The predicted molar refractivity (Wildman–Crippen MR) is 129 cm³/mol. The van der Waals surface area contributed by atoms with Crippen LogP contribution in [0.3, 0.4) is 0 Å². The Labute approximate surface area is 211 Å². The third kappa shape index (κ3) is 5.74. The standard InChI is InChI=1S/C25H29F3N4O5/c1-14-18(4-3-5-20(14)25(26,27)28)15(2)29-23(34)19-13-32(17-6-8-37-9-7-17)22(33)10-21(19)30-16-11-31(12-16)24(35)36/h3-5,10,13,15-17,30H,6-9,11-12H2,1-2H3,(H,29,34)(H,35,36). The van der Waals surface area contributed by atoms with E-state index in [9.17, 15) is 27.6 Å². The van der Waals surface area contributed by atoms with Crippen molar-refractivity contribution in [2.24, 2.45) is 0 Å². The van der Waals surface area contributed by atoms with Gasteiger partial charge < -0.3 is 29.9 Å². The molecule has 3 heterocycles. The molecule has 1 aromatic heterocycles. The van der Waals surface area contributed by atoms with Crippen molar-refractivity contribution >= 4 is 17.7 Å². The largest absolute Gasteiger partial charge is 0.465 e. The Morgan fingerprint density at radius 2 is 1.86 bits per heavy atom. The van der Waals surface area contributed by atoms with Crippen LogP contribution in [0, 0.1) is 6.92 Å². The van der Waals surface area contributed by atoms with Crippen molar-refractivity contribution in [1.29, 1.82) is 0 Å². The summed E-state index contributed by atoms with van der Waals surface area (Å²) >= 11 is 0. The molecule has 2 aliphatic heterocycles. The topological polar surface area (TPSA) is 113 Å². The highest BCUT2D eigenvalue weighted by molar-refractivity contribution is 5.99. The minimum absolute atomic E-state index is 0.0246. The van der Waals surface area contributed by atoms with Gasteiger partial charge in [-0.05, 0) is 43.9 Å². The Morgan fingerprint density at radius 1 is 1.19 bits per heavy atom. The van der Waals surface area contributed by atoms with Gasteiger partial charge in [-0.2, -0.15) is 13.2 Å². The van der Waals surface area contributed by atoms with Crippen molar-refractivity contribution in [3.05, 3.63) is 63.1 Å². The molecule has 37 heavy (non-hydrogen) atoms. The number of rotatable bonds is 6. The van der Waals surface area contributed by atoms with Crippen LogP contribution in [0.5, 0.6) is 0 Å². The number of halogens is 3. The van der Waals surface area contributed by atoms with Gasteiger partial charge >= 0.3 is 12.3 Å². The van der Waals surface area contributed by atoms with Gasteiger partial charge in [0, 0.05) is 44.6 Å². The Hall–Kier alpha value is -3.54. The first kappa shape index (κ1) is 26.5. The van der Waals surface area contributed by atoms with Crippen molar-refractivity contribution in [1.82, 2.24) is 14.8 Å². The number of carboxylic acid groups (broad SMARTS) is 1. The molecule has 9 nitrogen and oxygen atoms in total. The van der Waals surface area contributed by atoms with Crippen LogP contribution in [0.4, 0.5) is 23.7 Å². The third-order valence-electron chi connectivity index (χ3n) is 6.92. The number of hydrogen-bond acceptors (Lipinski definition) is 5. The van der Waals surface area contributed by atoms with E-state index in [0.717, 1.165) is 6.07 Å². The highest BCUT2D eigenvalue weighted by Crippen LogP contribution is 2.34. The number of benzene rings is 1. The SMILES string of the molecule is Cc1c(C(C)NC(=O)c2cn(C3CCOCC3)c(=O)cc2NC2CN(C(=O)O)C2)cccc1C(F)(F)F. The fourth-order valence-electron chi connectivity index (χ4n) is 4.82. The number of amides is 2. The van der Waals surface area contributed by atoms with Gasteiger partial charge in [0.2, 0.25) is 0 Å². The number of pyridine rings is 1. The van der Waals surface area contributed by atoms with E-state index in [4.69, 9.17) is 9.84 Å². The number of hydrogen-bond donors (Lipinski definition) is 3. The molecule has 12 heteroatoms. The zero-order chi connectivity index (χ0) is 26.9. The zero-order valence-corrected chi connectivity index (χ0v) is 20.5. The molecule has 0 aliphatic carbocycles. The lowest BCUT2D eigenvalue weighted by Gasteiger charge is -2.38. The van der Waals surface area contributed by atoms with Gasteiger partial charge in [0.1, 0.15) is 0 Å². The summed E-state index contributed by atoms with van der Waals surface area (Å²) in [6.45, 7) is 4.32. The molecule has 2 saturated heterocycles. The number of likely N-dealkylation sites (tertiary alicyclic amines) is 1. The molecule has 1 aromatic carbocycles. The second kappa shape index (κ2) is 10.4. The maximum absolute atomic E-state index is 13.4. The molecule has 2 aromatic rings. The monoisotopic (exact) mass is 522 g/mol. The highest BCUT2D eigenvalue weighted by Gasteiger charge is 2.34. The van der Waals surface area contributed by atoms with E-state index in [1.54, 1.807) is 6.92 Å². The lowest BCUT2D eigenvalue weighted by molar-refractivity contribution is -0.138. The van der Waals surface area contributed by atoms with Gasteiger partial charge in [0.15, 0.2) is 0 Å². The minimum Gasteiger partial charge on any atom is -0.465 e. The fourth-order valence-corrected chi connectivity index (χ4v) is 4.82. The molecule has 2 fully saturated rings. The van der Waals surface area contributed by atoms with E-state index >= 15 is 0 Å². The van der Waals surface area contributed by atoms with Gasteiger partial charge in [0.05, 0.1) is 28.9 Å². The third-order valence-corrected chi connectivity index (χ3v) is 6.92. The summed E-state index contributed by atoms with van der Waals surface area (Å²) in [5.74, 6) is -0.568. The van der Waals surface area contributed by atoms with E-state index in [-0.39, 0.29) is 47.5 Å². The Kier molecular flexibility index (Phi) is 7.49. The average Bonchev–Trinajstić information content (AvgIpc) is 2.80. The smallest absolute Gasteiger partial charge is 0.416 e. The molecular weight excluding hydrogens is 493 g/mol. The first-order valence-corrected chi connectivity index (χ1v) is 12.0. The number of aromatic nitrogens is 1. The van der Waals surface area contributed by atoms with E-state index in [1.165, 1.54) is 40.8 Å². The Bertz CT molecular complexity index is 1230. The van der Waals surface area contributed by atoms with Gasteiger partial charge in [-0.3, -0.25) is 9.59 Å². The summed E-state index contributed by atoms with van der Waals surface area (Å²) < 4.78 is 47.0. The van der Waals surface area contributed by atoms with Crippen molar-refractivity contribution in [3.63, 3.8) is 0 Å². The van der Waals surface area contributed by atoms with Crippen LogP contribution >= 0.6 is 0 Å². The summed E-state index contributed by atoms with van der Waals surface area (Å²) in [6, 6.07) is 3.95. The van der Waals surface area contributed by atoms with Crippen LogP contribution in [0.2, 0.25) is 0 Å². The molecule has 0 saturated carbocycles. The molecule has 1 unspecified atom stereocenters. The molecule has 2 aliphatic rings. The van der Waals surface area contributed by atoms with Crippen LogP contribution in [0.1, 0.15) is 58.9 Å². The number of carbonyl (C=O) groups excluding carboxylic acids is 1. The molecule has 200 valence electrons. The number of carbonyl (C=O) groups is 2. The quantitative estimate of drug-likeness (QED) is 0.532. The van der Waals surface area contributed by atoms with Gasteiger partial charge in [-0.15, -0.1) is 0 Å². The number of alkyl halides is 3. The lowest BCUT2D eigenvalue weighted by Crippen LogP contribution is -2.56. The summed E-state index contributed by atoms with van der Waals surface area (Å²) in [5.41, 5.74) is -0.343. The summed E-state index contributed by atoms with van der Waals surface area (Å²) in [5, 5.41) is 14.9. The maximum Gasteiger partial charge on any atom is 0.416 e. The van der Waals surface area contributed by atoms with Crippen molar-refractivity contribution in [3.8, 4) is 0 Å². The number of nitrogens with one attached hydrogen (secondary N) is 2. The summed E-state index contributed by atoms with van der Waals surface area (Å²) in [6.07, 6.45) is -2.91. The fraction of sp³-hybridized carbons (Fsp3) is 0.480. The van der Waals surface area contributed by atoms with Crippen molar-refractivity contribution in [2.45, 2.75) is 51.0 Å². The van der Waals surface area contributed by atoms with E-state index in [2.05, 4.69) is 10.6 Å². The molecule has 4 rings (SSSR count). The van der Waals surface area contributed by atoms with Crippen LogP contribution in [-0.4, -0.2) is 58.9 Å². The zero-order valence-electron chi connectivity index (χ0n) is 20.5. The second-order valence-corrected chi connectivity index (χ2v) is 9.43.